The van der Waals surface area contributed by atoms with E-state index in [4.69, 9.17) is 4.99 Å². The van der Waals surface area contributed by atoms with Crippen LogP contribution in [0.25, 0.3) is 0 Å². The maximum Gasteiger partial charge on any atom is 0.222 e. The van der Waals surface area contributed by atoms with Crippen molar-refractivity contribution in [1.82, 2.24) is 15.5 Å². The minimum atomic E-state index is 0. The lowest BCUT2D eigenvalue weighted by Gasteiger charge is -2.20. The third-order valence-corrected chi connectivity index (χ3v) is 5.77. The van der Waals surface area contributed by atoms with Crippen LogP contribution >= 0.6 is 35.7 Å². The van der Waals surface area contributed by atoms with Gasteiger partial charge in [0.1, 0.15) is 0 Å². The maximum absolute atomic E-state index is 12.0. The maximum atomic E-state index is 12.0. The molecule has 2 rings (SSSR count). The highest BCUT2D eigenvalue weighted by Gasteiger charge is 2.16. The van der Waals surface area contributed by atoms with E-state index in [0.29, 0.717) is 11.2 Å². The molecule has 0 aromatic heterocycles. The van der Waals surface area contributed by atoms with Gasteiger partial charge >= 0.3 is 0 Å². The highest BCUT2D eigenvalue weighted by Crippen LogP contribution is 2.25. The van der Waals surface area contributed by atoms with Gasteiger partial charge in [0.05, 0.1) is 6.54 Å². The van der Waals surface area contributed by atoms with Gasteiger partial charge < -0.3 is 15.5 Å². The van der Waals surface area contributed by atoms with Crippen LogP contribution < -0.4 is 10.6 Å². The van der Waals surface area contributed by atoms with E-state index in [0.717, 1.165) is 64.4 Å². The van der Waals surface area contributed by atoms with E-state index >= 15 is 0 Å². The number of nitrogens with one attached hydrogen (secondary N) is 2. The quantitative estimate of drug-likeness (QED) is 0.261. The van der Waals surface area contributed by atoms with E-state index in [1.165, 1.54) is 25.0 Å². The van der Waals surface area contributed by atoms with Crippen LogP contribution in [0.15, 0.2) is 4.99 Å². The Hall–Kier alpha value is -0.180. The summed E-state index contributed by atoms with van der Waals surface area (Å²) in [5, 5.41) is 7.41. The molecule has 0 aliphatic carbocycles. The smallest absolute Gasteiger partial charge is 0.222 e. The Bertz CT molecular complexity index is 389. The zero-order valence-electron chi connectivity index (χ0n) is 14.9. The van der Waals surface area contributed by atoms with E-state index in [1.54, 1.807) is 0 Å². The number of rotatable bonds is 7. The summed E-state index contributed by atoms with van der Waals surface area (Å²) in [4.78, 5) is 18.7. The third-order valence-electron chi connectivity index (χ3n) is 4.39. The number of aliphatic imine (C=N–C) groups is 1. The summed E-state index contributed by atoms with van der Waals surface area (Å²) in [6.45, 7) is 6.55. The van der Waals surface area contributed by atoms with Crippen LogP contribution in [-0.2, 0) is 4.79 Å². The van der Waals surface area contributed by atoms with Crippen molar-refractivity contribution in [3.05, 3.63) is 0 Å². The van der Waals surface area contributed by atoms with Gasteiger partial charge in [0.2, 0.25) is 5.91 Å². The number of thioether (sulfide) groups is 1. The van der Waals surface area contributed by atoms with Gasteiger partial charge in [-0.15, -0.1) is 24.0 Å². The minimum Gasteiger partial charge on any atom is -0.357 e. The summed E-state index contributed by atoms with van der Waals surface area (Å²) < 4.78 is 0. The number of hydrogen-bond donors (Lipinski definition) is 2. The van der Waals surface area contributed by atoms with Gasteiger partial charge in [0, 0.05) is 37.8 Å². The molecule has 2 heterocycles. The molecule has 1 unspecified atom stereocenters. The molecule has 24 heavy (non-hydrogen) atoms. The van der Waals surface area contributed by atoms with E-state index in [1.807, 2.05) is 16.7 Å². The molecule has 0 saturated carbocycles. The van der Waals surface area contributed by atoms with Crippen molar-refractivity contribution >= 4 is 47.6 Å². The number of carbonyl (C=O) groups excluding carboxylic acids is 1. The molecule has 0 aromatic carbocycles. The summed E-state index contributed by atoms with van der Waals surface area (Å²) >= 11 is 2.04. The first-order chi connectivity index (χ1) is 11.3. The molecule has 7 heteroatoms. The molecule has 0 radical (unpaired) electrons. The summed E-state index contributed by atoms with van der Waals surface area (Å²) in [6.07, 6.45) is 7.75. The number of hydrogen-bond acceptors (Lipinski definition) is 3. The molecule has 0 spiro atoms. The number of likely N-dealkylation sites (tertiary alicyclic amines) is 1. The van der Waals surface area contributed by atoms with Gasteiger partial charge in [0.25, 0.3) is 0 Å². The van der Waals surface area contributed by atoms with Gasteiger partial charge in [0.15, 0.2) is 5.96 Å². The van der Waals surface area contributed by atoms with E-state index in [2.05, 4.69) is 17.6 Å². The van der Waals surface area contributed by atoms with Crippen molar-refractivity contribution in [2.75, 3.05) is 38.5 Å². The fourth-order valence-corrected chi connectivity index (χ4v) is 4.25. The van der Waals surface area contributed by atoms with Gasteiger partial charge in [-0.25, -0.2) is 0 Å². The zero-order chi connectivity index (χ0) is 16.3. The van der Waals surface area contributed by atoms with Crippen LogP contribution in [0.4, 0.5) is 0 Å². The minimum absolute atomic E-state index is 0. The standard InChI is InChI=1S/C17H32N4OS.HI/c1-2-18-17(20-14-15-8-6-13-23-15)19-10-7-12-21-11-5-3-4-9-16(21)22;/h15H,2-14H2,1H3,(H2,18,19,20);1H. The molecule has 2 saturated heterocycles. The van der Waals surface area contributed by atoms with Crippen LogP contribution in [0.1, 0.15) is 51.9 Å². The lowest BCUT2D eigenvalue weighted by atomic mass is 10.2. The highest BCUT2D eigenvalue weighted by atomic mass is 127. The Kier molecular flexibility index (Phi) is 11.9. The number of amides is 1. The first-order valence-electron chi connectivity index (χ1n) is 9.21. The molecule has 2 aliphatic rings. The Morgan fingerprint density at radius 2 is 2.17 bits per heavy atom. The van der Waals surface area contributed by atoms with Crippen LogP contribution in [0.2, 0.25) is 0 Å². The molecule has 1 atom stereocenters. The van der Waals surface area contributed by atoms with Crippen molar-refractivity contribution in [1.29, 1.82) is 0 Å². The molecular weight excluding hydrogens is 435 g/mol. The average Bonchev–Trinajstić information content (AvgIpc) is 2.99. The molecule has 2 N–H and O–H groups in total. The van der Waals surface area contributed by atoms with Crippen LogP contribution in [0.5, 0.6) is 0 Å². The van der Waals surface area contributed by atoms with Crippen LogP contribution in [0, 0.1) is 0 Å². The molecular formula is C17H33IN4OS. The molecule has 2 fully saturated rings. The Labute approximate surface area is 168 Å². The fraction of sp³-hybridized carbons (Fsp3) is 0.882. The predicted molar refractivity (Wildman–Crippen MR) is 115 cm³/mol. The van der Waals surface area contributed by atoms with Gasteiger partial charge in [-0.1, -0.05) is 6.42 Å². The SMILES string of the molecule is CCNC(=NCC1CCCS1)NCCCN1CCCCCC1=O.I. The van der Waals surface area contributed by atoms with E-state index in [-0.39, 0.29) is 24.0 Å². The topological polar surface area (TPSA) is 56.7 Å². The first kappa shape index (κ1) is 21.9. The predicted octanol–water partition coefficient (Wildman–Crippen LogP) is 2.85. The largest absolute Gasteiger partial charge is 0.357 e. The van der Waals surface area contributed by atoms with Crippen molar-refractivity contribution in [3.63, 3.8) is 0 Å². The van der Waals surface area contributed by atoms with Crippen molar-refractivity contribution in [2.24, 2.45) is 4.99 Å². The summed E-state index contributed by atoms with van der Waals surface area (Å²) in [5.74, 6) is 2.54. The monoisotopic (exact) mass is 468 g/mol. The lowest BCUT2D eigenvalue weighted by molar-refractivity contribution is -0.130. The molecule has 0 aromatic rings. The fourth-order valence-electron chi connectivity index (χ4n) is 3.07. The Balaban J connectivity index is 0.00000288. The van der Waals surface area contributed by atoms with Crippen molar-refractivity contribution in [3.8, 4) is 0 Å². The summed E-state index contributed by atoms with van der Waals surface area (Å²) in [5.41, 5.74) is 0. The number of nitrogens with zero attached hydrogens (tertiary/aromatic N) is 2. The van der Waals surface area contributed by atoms with Gasteiger partial charge in [-0.3, -0.25) is 9.79 Å². The molecule has 5 nitrogen and oxygen atoms in total. The normalized spacial score (nSPS) is 22.0. The Morgan fingerprint density at radius 1 is 1.29 bits per heavy atom. The number of carbonyl (C=O) groups is 1. The summed E-state index contributed by atoms with van der Waals surface area (Å²) in [7, 11) is 0. The van der Waals surface area contributed by atoms with Crippen LogP contribution in [-0.4, -0.2) is 60.5 Å². The first-order valence-corrected chi connectivity index (χ1v) is 10.3. The highest BCUT2D eigenvalue weighted by molar-refractivity contribution is 14.0. The zero-order valence-corrected chi connectivity index (χ0v) is 18.0. The second-order valence-electron chi connectivity index (χ2n) is 6.33. The number of guanidine groups is 1. The average molecular weight is 468 g/mol. The molecule has 1 amide bonds. The van der Waals surface area contributed by atoms with Gasteiger partial charge in [-0.05, 0) is 44.8 Å². The van der Waals surface area contributed by atoms with E-state index < -0.39 is 0 Å². The van der Waals surface area contributed by atoms with Crippen molar-refractivity contribution < 1.29 is 4.79 Å². The summed E-state index contributed by atoms with van der Waals surface area (Å²) in [6, 6.07) is 0. The van der Waals surface area contributed by atoms with E-state index in [9.17, 15) is 4.79 Å². The van der Waals surface area contributed by atoms with Gasteiger partial charge in [-0.2, -0.15) is 11.8 Å². The second-order valence-corrected chi connectivity index (χ2v) is 7.73. The second kappa shape index (κ2) is 13.1. The molecule has 2 aliphatic heterocycles. The number of halogens is 1. The lowest BCUT2D eigenvalue weighted by Crippen LogP contribution is -2.39. The molecule has 140 valence electrons. The van der Waals surface area contributed by atoms with Crippen LogP contribution in [0.3, 0.4) is 0 Å². The Morgan fingerprint density at radius 3 is 2.92 bits per heavy atom. The van der Waals surface area contributed by atoms with Crippen molar-refractivity contribution in [2.45, 2.75) is 57.1 Å². The molecule has 0 bridgehead atoms. The third kappa shape index (κ3) is 8.27.